The van der Waals surface area contributed by atoms with E-state index >= 15 is 0 Å². The summed E-state index contributed by atoms with van der Waals surface area (Å²) in [6.45, 7) is 4.82. The summed E-state index contributed by atoms with van der Waals surface area (Å²) in [5.41, 5.74) is 5.80. The number of nitrogens with one attached hydrogen (secondary N) is 5. The van der Waals surface area contributed by atoms with Crippen LogP contribution in [0.15, 0.2) is 18.2 Å². The Morgan fingerprint density at radius 2 is 1.36 bits per heavy atom. The van der Waals surface area contributed by atoms with Gasteiger partial charge in [0.1, 0.15) is 36.3 Å². The average Bonchev–Trinajstić information content (AvgIpc) is 3.62. The van der Waals surface area contributed by atoms with Gasteiger partial charge in [-0.1, -0.05) is 88.1 Å². The van der Waals surface area contributed by atoms with Crippen LogP contribution in [0.3, 0.4) is 0 Å². The molecule has 1 aromatic rings. The molecule has 1 saturated heterocycles. The maximum atomic E-state index is 14.8. The molecule has 20 heteroatoms. The lowest BCUT2D eigenvalue weighted by Crippen LogP contribution is -2.61. The van der Waals surface area contributed by atoms with Crippen molar-refractivity contribution in [3.63, 3.8) is 0 Å². The number of fused-ring (bicyclic) bond motifs is 1. The van der Waals surface area contributed by atoms with E-state index in [-0.39, 0.29) is 72.4 Å². The summed E-state index contributed by atoms with van der Waals surface area (Å²) < 4.78 is 0. The predicted molar refractivity (Wildman–Crippen MR) is 235 cm³/mol. The molecule has 2 aliphatic carbocycles. The molecule has 3 fully saturated rings. The minimum absolute atomic E-state index is 0.00496. The summed E-state index contributed by atoms with van der Waals surface area (Å²) in [7, 11) is 0. The molecule has 9 N–H and O–H groups in total. The molecule has 1 aromatic carbocycles. The minimum atomic E-state index is -1.71. The molecule has 3 aliphatic rings. The fourth-order valence-electron chi connectivity index (χ4n) is 9.24. The number of carbonyl (C=O) groups excluding carboxylic acids is 7. The first-order valence-electron chi connectivity index (χ1n) is 22.2. The SMILES string of the molecule is CC(=O)N[C@@H](CCC(N)=O)C(=O)N[C@@H](CC1CCCCC1)C(=O)N[C@@H](CC(=O)O)C(=O)N[C@@H](CC(C)C)C(=O)N1[C@H](C(=O)N[C@@H](Cc2ccc(Cl)c(Cl)c2)C(=O)O)C[C@@H]2CCCC[C@@H]21. The first-order valence-corrected chi connectivity index (χ1v) is 23.0. The highest BCUT2D eigenvalue weighted by molar-refractivity contribution is 6.42. The quantitative estimate of drug-likeness (QED) is 0.0837. The van der Waals surface area contributed by atoms with Crippen molar-refractivity contribution in [2.75, 3.05) is 0 Å². The molecule has 4 rings (SSSR count). The Morgan fingerprint density at radius 3 is 1.97 bits per heavy atom. The number of likely N-dealkylation sites (tertiary alicyclic amines) is 1. The van der Waals surface area contributed by atoms with Crippen molar-refractivity contribution in [1.29, 1.82) is 0 Å². The first kappa shape index (κ1) is 51.7. The van der Waals surface area contributed by atoms with Gasteiger partial charge in [-0.3, -0.25) is 38.4 Å². The van der Waals surface area contributed by atoms with E-state index in [9.17, 15) is 53.4 Å². The lowest BCUT2D eigenvalue weighted by Gasteiger charge is -2.37. The molecular formula is C44H63Cl2N7O11. The molecule has 1 heterocycles. The van der Waals surface area contributed by atoms with Gasteiger partial charge in [0.25, 0.3) is 0 Å². The van der Waals surface area contributed by atoms with E-state index in [2.05, 4.69) is 26.6 Å². The molecule has 0 aromatic heterocycles. The van der Waals surface area contributed by atoms with Crippen molar-refractivity contribution >= 4 is 76.5 Å². The van der Waals surface area contributed by atoms with Crippen LogP contribution in [-0.4, -0.2) is 111 Å². The molecule has 2 saturated carbocycles. The highest BCUT2D eigenvalue weighted by atomic mass is 35.5. The van der Waals surface area contributed by atoms with Crippen LogP contribution in [0.4, 0.5) is 0 Å². The first-order chi connectivity index (χ1) is 30.2. The normalized spacial score (nSPS) is 21.0. The summed E-state index contributed by atoms with van der Waals surface area (Å²) in [6.07, 6.45) is 6.38. The number of nitrogens with zero attached hydrogens (tertiary/aromatic N) is 1. The zero-order chi connectivity index (χ0) is 47.2. The lowest BCUT2D eigenvalue weighted by atomic mass is 9.84. The van der Waals surface area contributed by atoms with Gasteiger partial charge in [-0.05, 0) is 74.0 Å². The molecule has 0 unspecified atom stereocenters. The van der Waals surface area contributed by atoms with Crippen LogP contribution in [0, 0.1) is 17.8 Å². The van der Waals surface area contributed by atoms with Crippen molar-refractivity contribution in [3.8, 4) is 0 Å². The topological polar surface area (TPSA) is 284 Å². The lowest BCUT2D eigenvalue weighted by molar-refractivity contribution is -0.147. The number of nitrogens with two attached hydrogens (primary N) is 1. The zero-order valence-corrected chi connectivity index (χ0v) is 38.2. The van der Waals surface area contributed by atoms with Gasteiger partial charge in [-0.25, -0.2) is 4.79 Å². The second kappa shape index (κ2) is 24.4. The fraction of sp³-hybridized carbons (Fsp3) is 0.659. The van der Waals surface area contributed by atoms with E-state index in [1.807, 2.05) is 13.8 Å². The van der Waals surface area contributed by atoms with Gasteiger partial charge in [-0.2, -0.15) is 0 Å². The largest absolute Gasteiger partial charge is 0.481 e. The van der Waals surface area contributed by atoms with Gasteiger partial charge in [0.2, 0.25) is 41.4 Å². The van der Waals surface area contributed by atoms with Crippen LogP contribution in [0.25, 0.3) is 0 Å². The Bertz CT molecular complexity index is 1890. The van der Waals surface area contributed by atoms with Gasteiger partial charge in [0.15, 0.2) is 0 Å². The Labute approximate surface area is 383 Å². The number of carbonyl (C=O) groups is 9. The maximum Gasteiger partial charge on any atom is 0.326 e. The van der Waals surface area contributed by atoms with Crippen molar-refractivity contribution in [2.45, 2.75) is 166 Å². The van der Waals surface area contributed by atoms with E-state index in [0.29, 0.717) is 12.0 Å². The molecule has 64 heavy (non-hydrogen) atoms. The van der Waals surface area contributed by atoms with Gasteiger partial charge < -0.3 is 47.4 Å². The Balaban J connectivity index is 1.58. The molecule has 1 aliphatic heterocycles. The zero-order valence-electron chi connectivity index (χ0n) is 36.7. The highest BCUT2D eigenvalue weighted by Crippen LogP contribution is 2.40. The molecule has 354 valence electrons. The summed E-state index contributed by atoms with van der Waals surface area (Å²) in [5.74, 6) is -8.17. The fourth-order valence-corrected chi connectivity index (χ4v) is 9.56. The minimum Gasteiger partial charge on any atom is -0.481 e. The van der Waals surface area contributed by atoms with E-state index in [0.717, 1.165) is 51.4 Å². The van der Waals surface area contributed by atoms with Crippen molar-refractivity contribution in [2.24, 2.45) is 23.5 Å². The number of aliphatic carboxylic acids is 2. The number of hydrogen-bond acceptors (Lipinski definition) is 9. The van der Waals surface area contributed by atoms with Crippen LogP contribution in [0.5, 0.6) is 0 Å². The Hall–Kier alpha value is -4.97. The van der Waals surface area contributed by atoms with E-state index in [4.69, 9.17) is 28.9 Å². The smallest absolute Gasteiger partial charge is 0.326 e. The van der Waals surface area contributed by atoms with Crippen LogP contribution in [0.1, 0.15) is 123 Å². The van der Waals surface area contributed by atoms with Gasteiger partial charge in [0, 0.05) is 25.8 Å². The molecule has 0 bridgehead atoms. The number of carboxylic acid groups (broad SMARTS) is 2. The number of benzene rings is 1. The Kier molecular flexibility index (Phi) is 19.7. The van der Waals surface area contributed by atoms with Crippen LogP contribution >= 0.6 is 23.2 Å². The molecular weight excluding hydrogens is 873 g/mol. The monoisotopic (exact) mass is 935 g/mol. The third-order valence-electron chi connectivity index (χ3n) is 12.3. The number of halogens is 2. The van der Waals surface area contributed by atoms with Crippen molar-refractivity contribution in [1.82, 2.24) is 31.5 Å². The number of primary amides is 1. The second-order valence-electron chi connectivity index (χ2n) is 17.9. The van der Waals surface area contributed by atoms with Crippen molar-refractivity contribution in [3.05, 3.63) is 33.8 Å². The number of rotatable bonds is 22. The summed E-state index contributed by atoms with van der Waals surface area (Å²) in [5, 5.41) is 33.5. The molecule has 0 radical (unpaired) electrons. The van der Waals surface area contributed by atoms with Crippen LogP contribution in [-0.2, 0) is 49.6 Å². The summed E-state index contributed by atoms with van der Waals surface area (Å²) >= 11 is 12.2. The summed E-state index contributed by atoms with van der Waals surface area (Å²) in [6, 6.07) is -3.68. The summed E-state index contributed by atoms with van der Waals surface area (Å²) in [4.78, 5) is 120. The molecule has 7 amide bonds. The molecule has 0 spiro atoms. The Morgan fingerprint density at radius 1 is 0.750 bits per heavy atom. The van der Waals surface area contributed by atoms with Gasteiger partial charge in [-0.15, -0.1) is 0 Å². The van der Waals surface area contributed by atoms with E-state index < -0.39 is 96.0 Å². The third-order valence-corrected chi connectivity index (χ3v) is 13.1. The van der Waals surface area contributed by atoms with Crippen LogP contribution < -0.4 is 32.3 Å². The second-order valence-corrected chi connectivity index (χ2v) is 18.7. The highest BCUT2D eigenvalue weighted by Gasteiger charge is 2.49. The maximum absolute atomic E-state index is 14.8. The number of carboxylic acids is 2. The van der Waals surface area contributed by atoms with E-state index in [1.54, 1.807) is 6.07 Å². The van der Waals surface area contributed by atoms with Crippen LogP contribution in [0.2, 0.25) is 10.0 Å². The molecule has 18 nitrogen and oxygen atoms in total. The van der Waals surface area contributed by atoms with Crippen molar-refractivity contribution < 1.29 is 53.4 Å². The predicted octanol–water partition coefficient (Wildman–Crippen LogP) is 2.98. The average molecular weight is 937 g/mol. The number of hydrogen-bond donors (Lipinski definition) is 8. The number of amides is 7. The standard InChI is InChI=1S/C44H63Cl2N7O11/c1-23(2)17-33(43(62)53-35-12-8-7-11-27(35)21-36(53)42(61)52-34(44(63)64)20-26-13-14-28(45)29(46)18-26)51-41(60)32(22-38(56)57)50-40(59)31(19-25-9-5-4-6-10-25)49-39(58)30(48-24(3)54)15-16-37(47)55/h13-14,18,23,25,27,30-36H,4-12,15-17,19-22H2,1-3H3,(H2,47,55)(H,48,54)(H,49,58)(H,50,59)(H,51,60)(H,52,61)(H,56,57)(H,63,64)/t27-,30-,31-,32-,33-,34-,35-,36-/m0/s1. The van der Waals surface area contributed by atoms with E-state index in [1.165, 1.54) is 24.0 Å². The van der Waals surface area contributed by atoms with Gasteiger partial charge >= 0.3 is 11.9 Å². The van der Waals surface area contributed by atoms with Gasteiger partial charge in [0.05, 0.1) is 16.5 Å². The molecule has 8 atom stereocenters. The third kappa shape index (κ3) is 15.3.